The second-order valence-electron chi connectivity index (χ2n) is 6.32. The summed E-state index contributed by atoms with van der Waals surface area (Å²) in [7, 11) is -3.60. The van der Waals surface area contributed by atoms with Crippen molar-refractivity contribution in [1.82, 2.24) is 9.03 Å². The molecule has 0 radical (unpaired) electrons. The number of oxime groups is 1. The van der Waals surface area contributed by atoms with Gasteiger partial charge in [-0.15, -0.1) is 0 Å². The van der Waals surface area contributed by atoms with Gasteiger partial charge in [-0.25, -0.2) is 0 Å². The summed E-state index contributed by atoms with van der Waals surface area (Å²) in [6.45, 7) is 3.21. The minimum absolute atomic E-state index is 0.0324. The molecule has 4 N–H and O–H groups in total. The fourth-order valence-corrected chi connectivity index (χ4v) is 4.85. The van der Waals surface area contributed by atoms with Gasteiger partial charge in [0.25, 0.3) is 10.2 Å². The quantitative estimate of drug-likeness (QED) is 0.311. The second kappa shape index (κ2) is 6.50. The van der Waals surface area contributed by atoms with E-state index in [2.05, 4.69) is 16.8 Å². The smallest absolute Gasteiger partial charge is 0.280 e. The molecule has 0 aromatic heterocycles. The minimum atomic E-state index is -3.60. The standard InChI is InChI=1S/C13H26N4O3S/c1-11-5-7-13(8-6-11,12(14)15-18)16-21(19,20)17-9-3-2-4-10-17/h11,16,18H,2-10H2,1H3,(H2,14,15). The van der Waals surface area contributed by atoms with Gasteiger partial charge in [-0.05, 0) is 44.4 Å². The Kier molecular flexibility index (Phi) is 5.11. The zero-order valence-electron chi connectivity index (χ0n) is 12.6. The van der Waals surface area contributed by atoms with Crippen LogP contribution in [0.15, 0.2) is 5.16 Å². The summed E-state index contributed by atoms with van der Waals surface area (Å²) in [5, 5.41) is 12.1. The van der Waals surface area contributed by atoms with Crippen molar-refractivity contribution < 1.29 is 13.6 Å². The Labute approximate surface area is 126 Å². The Bertz CT molecular complexity index is 478. The highest BCUT2D eigenvalue weighted by Gasteiger charge is 2.43. The lowest BCUT2D eigenvalue weighted by atomic mass is 9.77. The summed E-state index contributed by atoms with van der Waals surface area (Å²) in [6, 6.07) is 0. The summed E-state index contributed by atoms with van der Waals surface area (Å²) in [6.07, 6.45) is 5.68. The lowest BCUT2D eigenvalue weighted by molar-refractivity contribution is 0.259. The molecule has 8 heteroatoms. The molecule has 1 aliphatic carbocycles. The van der Waals surface area contributed by atoms with E-state index in [-0.39, 0.29) is 5.84 Å². The Hall–Kier alpha value is -0.860. The summed E-state index contributed by atoms with van der Waals surface area (Å²) in [5.41, 5.74) is 4.87. The highest BCUT2D eigenvalue weighted by Crippen LogP contribution is 2.33. The first-order valence-corrected chi connectivity index (χ1v) is 9.11. The van der Waals surface area contributed by atoms with Crippen LogP contribution >= 0.6 is 0 Å². The Morgan fingerprint density at radius 2 is 1.86 bits per heavy atom. The van der Waals surface area contributed by atoms with Crippen LogP contribution in [0.1, 0.15) is 51.9 Å². The van der Waals surface area contributed by atoms with Crippen LogP contribution in [-0.4, -0.2) is 42.4 Å². The maximum absolute atomic E-state index is 12.6. The van der Waals surface area contributed by atoms with Gasteiger partial charge in [0, 0.05) is 13.1 Å². The molecule has 122 valence electrons. The summed E-state index contributed by atoms with van der Waals surface area (Å²) in [4.78, 5) is 0. The zero-order chi connectivity index (χ0) is 15.5. The van der Waals surface area contributed by atoms with Crippen molar-refractivity contribution in [1.29, 1.82) is 0 Å². The van der Waals surface area contributed by atoms with Gasteiger partial charge in [-0.3, -0.25) is 0 Å². The SMILES string of the molecule is CC1CCC(NS(=O)(=O)N2CCCCC2)(/C(N)=N/O)CC1. The Balaban J connectivity index is 2.18. The summed E-state index contributed by atoms with van der Waals surface area (Å²) in [5.74, 6) is 0.499. The van der Waals surface area contributed by atoms with Crippen molar-refractivity contribution in [3.63, 3.8) is 0 Å². The van der Waals surface area contributed by atoms with Crippen molar-refractivity contribution in [2.45, 2.75) is 57.4 Å². The lowest BCUT2D eigenvalue weighted by Gasteiger charge is -2.40. The van der Waals surface area contributed by atoms with Gasteiger partial charge in [0.05, 0.1) is 5.54 Å². The van der Waals surface area contributed by atoms with Gasteiger partial charge < -0.3 is 10.9 Å². The summed E-state index contributed by atoms with van der Waals surface area (Å²) < 4.78 is 29.4. The van der Waals surface area contributed by atoms with Gasteiger partial charge in [0.15, 0.2) is 5.84 Å². The lowest BCUT2D eigenvalue weighted by Crippen LogP contribution is -2.61. The third-order valence-corrected chi connectivity index (χ3v) is 6.40. The maximum atomic E-state index is 12.6. The average molecular weight is 318 g/mol. The van der Waals surface area contributed by atoms with Gasteiger partial charge >= 0.3 is 0 Å². The van der Waals surface area contributed by atoms with E-state index in [0.717, 1.165) is 32.1 Å². The number of hydrogen-bond acceptors (Lipinski definition) is 4. The van der Waals surface area contributed by atoms with Crippen LogP contribution in [0.25, 0.3) is 0 Å². The first kappa shape index (κ1) is 16.5. The summed E-state index contributed by atoms with van der Waals surface area (Å²) >= 11 is 0. The molecule has 0 bridgehead atoms. The third kappa shape index (κ3) is 3.67. The molecule has 7 nitrogen and oxygen atoms in total. The largest absolute Gasteiger partial charge is 0.409 e. The van der Waals surface area contributed by atoms with Gasteiger partial charge in [-0.1, -0.05) is 18.5 Å². The third-order valence-electron chi connectivity index (χ3n) is 4.71. The average Bonchev–Trinajstić information content (AvgIpc) is 2.49. The number of hydrogen-bond donors (Lipinski definition) is 3. The molecule has 1 aliphatic heterocycles. The molecule has 2 rings (SSSR count). The van der Waals surface area contributed by atoms with Crippen molar-refractivity contribution in [3.8, 4) is 0 Å². The number of nitrogens with two attached hydrogens (primary N) is 1. The zero-order valence-corrected chi connectivity index (χ0v) is 13.4. The normalized spacial score (nSPS) is 33.0. The monoisotopic (exact) mass is 318 g/mol. The van der Waals surface area contributed by atoms with E-state index >= 15 is 0 Å². The maximum Gasteiger partial charge on any atom is 0.280 e. The van der Waals surface area contributed by atoms with E-state index in [4.69, 9.17) is 10.9 Å². The molecule has 2 aliphatic rings. The van der Waals surface area contributed by atoms with Crippen LogP contribution in [0.4, 0.5) is 0 Å². The van der Waals surface area contributed by atoms with Gasteiger partial charge in [-0.2, -0.15) is 17.4 Å². The van der Waals surface area contributed by atoms with E-state index in [1.54, 1.807) is 0 Å². The van der Waals surface area contributed by atoms with Crippen LogP contribution in [0.2, 0.25) is 0 Å². The van der Waals surface area contributed by atoms with Crippen LogP contribution < -0.4 is 10.5 Å². The number of rotatable bonds is 4. The molecule has 0 spiro atoms. The van der Waals surface area contributed by atoms with E-state index in [9.17, 15) is 8.42 Å². The van der Waals surface area contributed by atoms with Crippen molar-refractivity contribution in [3.05, 3.63) is 0 Å². The minimum Gasteiger partial charge on any atom is -0.409 e. The molecule has 0 amide bonds. The van der Waals surface area contributed by atoms with Crippen molar-refractivity contribution in [2.75, 3.05) is 13.1 Å². The van der Waals surface area contributed by atoms with Crippen molar-refractivity contribution in [2.24, 2.45) is 16.8 Å². The van der Waals surface area contributed by atoms with Crippen LogP contribution in [0.5, 0.6) is 0 Å². The first-order chi connectivity index (χ1) is 9.89. The topological polar surface area (TPSA) is 108 Å². The molecular formula is C13H26N4O3S. The second-order valence-corrected chi connectivity index (χ2v) is 7.99. The van der Waals surface area contributed by atoms with Gasteiger partial charge in [0.2, 0.25) is 0 Å². The number of nitrogens with one attached hydrogen (secondary N) is 1. The fourth-order valence-electron chi connectivity index (χ4n) is 3.18. The molecule has 0 aromatic carbocycles. The van der Waals surface area contributed by atoms with E-state index in [1.165, 1.54) is 4.31 Å². The number of nitrogens with zero attached hydrogens (tertiary/aromatic N) is 2. The van der Waals surface area contributed by atoms with Gasteiger partial charge in [0.1, 0.15) is 0 Å². The highest BCUT2D eigenvalue weighted by molar-refractivity contribution is 7.87. The van der Waals surface area contributed by atoms with Crippen molar-refractivity contribution >= 4 is 16.0 Å². The molecule has 0 atom stereocenters. The number of amidine groups is 1. The van der Waals surface area contributed by atoms with E-state index in [1.807, 2.05) is 0 Å². The molecule has 0 unspecified atom stereocenters. The molecule has 1 heterocycles. The molecule has 1 saturated heterocycles. The Morgan fingerprint density at radius 1 is 1.29 bits per heavy atom. The molecule has 0 aromatic rings. The van der Waals surface area contributed by atoms with Crippen LogP contribution in [0, 0.1) is 5.92 Å². The van der Waals surface area contributed by atoms with Crippen LogP contribution in [0.3, 0.4) is 0 Å². The molecule has 21 heavy (non-hydrogen) atoms. The number of piperidine rings is 1. The molecular weight excluding hydrogens is 292 g/mol. The predicted molar refractivity (Wildman–Crippen MR) is 81.3 cm³/mol. The van der Waals surface area contributed by atoms with E-state index in [0.29, 0.717) is 31.8 Å². The van der Waals surface area contributed by atoms with Crippen LogP contribution in [-0.2, 0) is 10.2 Å². The predicted octanol–water partition coefficient (Wildman–Crippen LogP) is 1.00. The fraction of sp³-hybridized carbons (Fsp3) is 0.923. The first-order valence-electron chi connectivity index (χ1n) is 7.67. The highest BCUT2D eigenvalue weighted by atomic mass is 32.2. The molecule has 2 fully saturated rings. The Morgan fingerprint density at radius 3 is 2.38 bits per heavy atom. The van der Waals surface area contributed by atoms with E-state index < -0.39 is 15.7 Å². The molecule has 1 saturated carbocycles.